The van der Waals surface area contributed by atoms with E-state index in [0.717, 1.165) is 5.70 Å². The number of ether oxygens (including phenoxy) is 1. The first-order valence-electron chi connectivity index (χ1n) is 4.75. The fourth-order valence-electron chi connectivity index (χ4n) is 1.30. The van der Waals surface area contributed by atoms with Gasteiger partial charge < -0.3 is 10.2 Å². The summed E-state index contributed by atoms with van der Waals surface area (Å²) < 4.78 is 4.73. The number of hydrogen-bond donors (Lipinski definition) is 2. The van der Waals surface area contributed by atoms with Gasteiger partial charge in [0.25, 0.3) is 0 Å². The lowest BCUT2D eigenvalue weighted by atomic mass is 10.2. The van der Waals surface area contributed by atoms with Crippen LogP contribution in [0.2, 0.25) is 0 Å². The van der Waals surface area contributed by atoms with E-state index in [1.54, 1.807) is 0 Å². The van der Waals surface area contributed by atoms with E-state index in [1.807, 2.05) is 30.3 Å². The van der Waals surface area contributed by atoms with Gasteiger partial charge in [0, 0.05) is 12.6 Å². The fraction of sp³-hybridized carbons (Fsp3) is 0.182. The van der Waals surface area contributed by atoms with Crippen molar-refractivity contribution in [2.24, 2.45) is 0 Å². The van der Waals surface area contributed by atoms with Crippen LogP contribution < -0.4 is 10.9 Å². The molecule has 1 aliphatic heterocycles. The first-order valence-corrected chi connectivity index (χ1v) is 4.75. The number of rotatable bonds is 4. The molecule has 0 bridgehead atoms. The SMILES string of the molecule is O=C1C=C(NNCc2ccccc2)CO1. The predicted molar refractivity (Wildman–Crippen MR) is 55.5 cm³/mol. The molecule has 0 spiro atoms. The molecule has 2 N–H and O–H groups in total. The zero-order chi connectivity index (χ0) is 10.5. The van der Waals surface area contributed by atoms with Crippen molar-refractivity contribution in [2.75, 3.05) is 6.61 Å². The van der Waals surface area contributed by atoms with Crippen LogP contribution in [0.4, 0.5) is 0 Å². The van der Waals surface area contributed by atoms with Crippen molar-refractivity contribution in [2.45, 2.75) is 6.54 Å². The van der Waals surface area contributed by atoms with Crippen LogP contribution in [0.25, 0.3) is 0 Å². The Morgan fingerprint density at radius 2 is 2.07 bits per heavy atom. The number of nitrogens with one attached hydrogen (secondary N) is 2. The number of carbonyl (C=O) groups is 1. The summed E-state index contributed by atoms with van der Waals surface area (Å²) in [5, 5.41) is 0. The lowest BCUT2D eigenvalue weighted by Crippen LogP contribution is -2.30. The molecule has 0 aliphatic carbocycles. The van der Waals surface area contributed by atoms with Gasteiger partial charge in [0.15, 0.2) is 0 Å². The summed E-state index contributed by atoms with van der Waals surface area (Å²) in [7, 11) is 0. The van der Waals surface area contributed by atoms with Crippen LogP contribution in [0.5, 0.6) is 0 Å². The number of hydrogen-bond acceptors (Lipinski definition) is 4. The van der Waals surface area contributed by atoms with Crippen molar-refractivity contribution >= 4 is 5.97 Å². The van der Waals surface area contributed by atoms with Crippen molar-refractivity contribution in [1.29, 1.82) is 0 Å². The smallest absolute Gasteiger partial charge is 0.333 e. The van der Waals surface area contributed by atoms with Crippen molar-refractivity contribution in [1.82, 2.24) is 10.9 Å². The van der Waals surface area contributed by atoms with Gasteiger partial charge in [-0.3, -0.25) is 0 Å². The Kier molecular flexibility index (Phi) is 2.99. The van der Waals surface area contributed by atoms with Crippen LogP contribution in [0, 0.1) is 0 Å². The van der Waals surface area contributed by atoms with E-state index in [4.69, 9.17) is 4.74 Å². The van der Waals surface area contributed by atoms with Crippen LogP contribution >= 0.6 is 0 Å². The van der Waals surface area contributed by atoms with Crippen LogP contribution in [0.1, 0.15) is 5.56 Å². The highest BCUT2D eigenvalue weighted by molar-refractivity contribution is 5.84. The molecule has 0 aromatic heterocycles. The molecule has 1 aromatic carbocycles. The second-order valence-electron chi connectivity index (χ2n) is 3.24. The Morgan fingerprint density at radius 3 is 2.73 bits per heavy atom. The van der Waals surface area contributed by atoms with Gasteiger partial charge >= 0.3 is 5.97 Å². The van der Waals surface area contributed by atoms with Gasteiger partial charge in [0.1, 0.15) is 6.61 Å². The van der Waals surface area contributed by atoms with Gasteiger partial charge in [-0.2, -0.15) is 0 Å². The first kappa shape index (κ1) is 9.73. The standard InChI is InChI=1S/C11H12N2O2/c14-11-6-10(8-15-11)13-12-7-9-4-2-1-3-5-9/h1-6,12-13H,7-8H2. The van der Waals surface area contributed by atoms with Crippen molar-refractivity contribution in [3.8, 4) is 0 Å². The largest absolute Gasteiger partial charge is 0.456 e. The minimum Gasteiger partial charge on any atom is -0.456 e. The lowest BCUT2D eigenvalue weighted by molar-refractivity contribution is -0.134. The minimum absolute atomic E-state index is 0.293. The van der Waals surface area contributed by atoms with Gasteiger partial charge in [-0.15, -0.1) is 0 Å². The first-order chi connectivity index (χ1) is 7.34. The van der Waals surface area contributed by atoms with Crippen LogP contribution in [-0.2, 0) is 16.1 Å². The van der Waals surface area contributed by atoms with E-state index in [1.165, 1.54) is 11.6 Å². The van der Waals surface area contributed by atoms with Gasteiger partial charge in [-0.1, -0.05) is 30.3 Å². The molecule has 2 rings (SSSR count). The number of cyclic esters (lactones) is 1. The zero-order valence-electron chi connectivity index (χ0n) is 8.19. The van der Waals surface area contributed by atoms with Crippen molar-refractivity contribution in [3.63, 3.8) is 0 Å². The number of carbonyl (C=O) groups excluding carboxylic acids is 1. The molecule has 0 unspecified atom stereocenters. The summed E-state index contributed by atoms with van der Waals surface area (Å²) >= 11 is 0. The minimum atomic E-state index is -0.293. The Hall–Kier alpha value is -1.81. The Morgan fingerprint density at radius 1 is 1.27 bits per heavy atom. The van der Waals surface area contributed by atoms with E-state index in [9.17, 15) is 4.79 Å². The average Bonchev–Trinajstić information content (AvgIpc) is 2.66. The maximum Gasteiger partial charge on any atom is 0.333 e. The predicted octanol–water partition coefficient (Wildman–Crippen LogP) is 0.721. The summed E-state index contributed by atoms with van der Waals surface area (Å²) in [4.78, 5) is 10.7. The molecule has 0 radical (unpaired) electrons. The average molecular weight is 204 g/mol. The molecule has 0 saturated carbocycles. The quantitative estimate of drug-likeness (QED) is 0.560. The van der Waals surface area contributed by atoms with E-state index in [2.05, 4.69) is 10.9 Å². The molecule has 4 heteroatoms. The van der Waals surface area contributed by atoms with Crippen molar-refractivity contribution in [3.05, 3.63) is 47.7 Å². The van der Waals surface area contributed by atoms with Crippen LogP contribution in [0.3, 0.4) is 0 Å². The molecule has 0 saturated heterocycles. The number of hydrazine groups is 1. The molecule has 4 nitrogen and oxygen atoms in total. The number of esters is 1. The molecule has 1 heterocycles. The molecule has 0 atom stereocenters. The third-order valence-corrected chi connectivity index (χ3v) is 2.05. The lowest BCUT2D eigenvalue weighted by Gasteiger charge is -2.07. The molecule has 15 heavy (non-hydrogen) atoms. The molecule has 1 aliphatic rings. The topological polar surface area (TPSA) is 50.4 Å². The van der Waals surface area contributed by atoms with E-state index in [-0.39, 0.29) is 5.97 Å². The van der Waals surface area contributed by atoms with E-state index >= 15 is 0 Å². The monoisotopic (exact) mass is 204 g/mol. The van der Waals surface area contributed by atoms with Gasteiger partial charge in [-0.25, -0.2) is 10.2 Å². The summed E-state index contributed by atoms with van der Waals surface area (Å²) in [6.07, 6.45) is 1.44. The van der Waals surface area contributed by atoms with Crippen LogP contribution in [-0.4, -0.2) is 12.6 Å². The van der Waals surface area contributed by atoms with Crippen LogP contribution in [0.15, 0.2) is 42.1 Å². The molecular weight excluding hydrogens is 192 g/mol. The highest BCUT2D eigenvalue weighted by Gasteiger charge is 2.11. The summed E-state index contributed by atoms with van der Waals surface area (Å²) in [5.74, 6) is -0.293. The highest BCUT2D eigenvalue weighted by atomic mass is 16.5. The summed E-state index contributed by atoms with van der Waals surface area (Å²) in [6, 6.07) is 10.00. The summed E-state index contributed by atoms with van der Waals surface area (Å²) in [6.45, 7) is 1.02. The second kappa shape index (κ2) is 4.61. The van der Waals surface area contributed by atoms with Gasteiger partial charge in [0.05, 0.1) is 5.70 Å². The molecule has 0 amide bonds. The Labute approximate surface area is 87.9 Å². The Balaban J connectivity index is 1.76. The molecule has 78 valence electrons. The molecular formula is C11H12N2O2. The van der Waals surface area contributed by atoms with E-state index in [0.29, 0.717) is 13.2 Å². The van der Waals surface area contributed by atoms with Crippen molar-refractivity contribution < 1.29 is 9.53 Å². The van der Waals surface area contributed by atoms with E-state index < -0.39 is 0 Å². The number of benzene rings is 1. The molecule has 0 fully saturated rings. The van der Waals surface area contributed by atoms with Gasteiger partial charge in [0.2, 0.25) is 0 Å². The molecule has 1 aromatic rings. The highest BCUT2D eigenvalue weighted by Crippen LogP contribution is 2.01. The maximum atomic E-state index is 10.7. The fourth-order valence-corrected chi connectivity index (χ4v) is 1.30. The third kappa shape index (κ3) is 2.82. The normalized spacial score (nSPS) is 14.7. The third-order valence-electron chi connectivity index (χ3n) is 2.05. The maximum absolute atomic E-state index is 10.7. The van der Waals surface area contributed by atoms with Gasteiger partial charge in [-0.05, 0) is 5.56 Å². The second-order valence-corrected chi connectivity index (χ2v) is 3.24. The zero-order valence-corrected chi connectivity index (χ0v) is 8.19. The Bertz CT molecular complexity index is 373. The summed E-state index contributed by atoms with van der Waals surface area (Å²) in [5.41, 5.74) is 7.88.